The van der Waals surface area contributed by atoms with Gasteiger partial charge in [-0.3, -0.25) is 4.21 Å². The molecule has 0 aliphatic carbocycles. The number of benzene rings is 1. The minimum absolute atomic E-state index is 0. The molecule has 1 unspecified atom stereocenters. The number of halogens is 13. The Labute approximate surface area is 170 Å². The minimum Gasteiger partial charge on any atom is -0.768 e. The number of alkyl halides is 11. The topological polar surface area (TPSA) is 40.1 Å². The van der Waals surface area contributed by atoms with Crippen LogP contribution in [-0.2, 0) is 17.0 Å². The Morgan fingerprint density at radius 1 is 0.828 bits per heavy atom. The van der Waals surface area contributed by atoms with E-state index in [4.69, 9.17) is 0 Å². The van der Waals surface area contributed by atoms with Gasteiger partial charge in [0, 0.05) is 11.1 Å². The molecule has 29 heavy (non-hydrogen) atoms. The van der Waals surface area contributed by atoms with Crippen LogP contribution < -0.4 is 18.9 Å². The SMILES string of the molecule is O=S([O-])C(F)(F)C(F)(F)Sc1cc(F)c(C(F)(F)C(F)(F)C(F)(F)F)cc1F.[Li+]. The second-order valence-electron chi connectivity index (χ2n) is 4.78. The molecule has 0 spiro atoms. The van der Waals surface area contributed by atoms with Crippen molar-refractivity contribution in [2.24, 2.45) is 0 Å². The monoisotopic (exact) mass is 484 g/mol. The van der Waals surface area contributed by atoms with Crippen LogP contribution in [0, 0.1) is 11.6 Å². The molecular weight excluding hydrogens is 482 g/mol. The van der Waals surface area contributed by atoms with Crippen LogP contribution in [0.1, 0.15) is 5.56 Å². The molecule has 0 aliphatic rings. The first-order valence-electron chi connectivity index (χ1n) is 6.06. The van der Waals surface area contributed by atoms with Crippen LogP contribution >= 0.6 is 11.8 Å². The van der Waals surface area contributed by atoms with Crippen LogP contribution in [0.5, 0.6) is 0 Å². The molecule has 0 aliphatic heterocycles. The third kappa shape index (κ3) is 5.00. The molecule has 162 valence electrons. The van der Waals surface area contributed by atoms with Crippen molar-refractivity contribution in [3.8, 4) is 0 Å². The first-order valence-corrected chi connectivity index (χ1v) is 7.95. The van der Waals surface area contributed by atoms with Gasteiger partial charge >= 0.3 is 47.4 Å². The summed E-state index contributed by atoms with van der Waals surface area (Å²) >= 11 is -6.48. The van der Waals surface area contributed by atoms with E-state index >= 15 is 0 Å². The summed E-state index contributed by atoms with van der Waals surface area (Å²) in [6, 6.07) is -1.81. The molecule has 1 aromatic carbocycles. The molecular formula is C11H2F13LiO2S2. The largest absolute Gasteiger partial charge is 1.00 e. The molecule has 0 saturated heterocycles. The van der Waals surface area contributed by atoms with E-state index in [0.717, 1.165) is 0 Å². The third-order valence-corrected chi connectivity index (χ3v) is 4.75. The van der Waals surface area contributed by atoms with Crippen LogP contribution in [0.25, 0.3) is 0 Å². The quantitative estimate of drug-likeness (QED) is 0.270. The molecule has 1 atom stereocenters. The summed E-state index contributed by atoms with van der Waals surface area (Å²) in [5.74, 6) is -18.6. The van der Waals surface area contributed by atoms with Gasteiger partial charge in [0.15, 0.2) is 0 Å². The molecule has 1 rings (SSSR count). The summed E-state index contributed by atoms with van der Waals surface area (Å²) in [5, 5.41) is -11.6. The van der Waals surface area contributed by atoms with E-state index in [-0.39, 0.29) is 18.9 Å². The van der Waals surface area contributed by atoms with Crippen molar-refractivity contribution < 1.29 is 84.7 Å². The summed E-state index contributed by atoms with van der Waals surface area (Å²) in [6.07, 6.45) is -6.93. The van der Waals surface area contributed by atoms with Gasteiger partial charge in [-0.05, 0) is 23.9 Å². The Morgan fingerprint density at radius 2 is 1.28 bits per heavy atom. The van der Waals surface area contributed by atoms with Crippen molar-refractivity contribution in [1.82, 2.24) is 0 Å². The van der Waals surface area contributed by atoms with Gasteiger partial charge in [-0.25, -0.2) is 8.78 Å². The Kier molecular flexibility index (Phi) is 8.30. The Morgan fingerprint density at radius 3 is 1.66 bits per heavy atom. The molecule has 0 aromatic heterocycles. The van der Waals surface area contributed by atoms with Crippen LogP contribution in [0.15, 0.2) is 17.0 Å². The minimum atomic E-state index is -6.93. The van der Waals surface area contributed by atoms with Crippen molar-refractivity contribution >= 4 is 22.8 Å². The van der Waals surface area contributed by atoms with Crippen molar-refractivity contribution in [2.45, 2.75) is 33.4 Å². The van der Waals surface area contributed by atoms with Gasteiger partial charge in [-0.2, -0.15) is 48.3 Å². The average molecular weight is 484 g/mol. The molecule has 1 aromatic rings. The van der Waals surface area contributed by atoms with Crippen LogP contribution in [0.4, 0.5) is 57.1 Å². The summed E-state index contributed by atoms with van der Waals surface area (Å²) in [5.41, 5.74) is -2.90. The van der Waals surface area contributed by atoms with Gasteiger partial charge in [0.05, 0.1) is 10.5 Å². The molecule has 18 heteroatoms. The fraction of sp³-hybridized carbons (Fsp3) is 0.455. The summed E-state index contributed by atoms with van der Waals surface area (Å²) < 4.78 is 188. The van der Waals surface area contributed by atoms with E-state index in [2.05, 4.69) is 0 Å². The van der Waals surface area contributed by atoms with E-state index in [1.54, 1.807) is 0 Å². The normalized spacial score (nSPS) is 15.1. The second kappa shape index (κ2) is 8.48. The number of rotatable bonds is 6. The molecule has 0 saturated carbocycles. The predicted molar refractivity (Wildman–Crippen MR) is 65.9 cm³/mol. The van der Waals surface area contributed by atoms with Crippen molar-refractivity contribution in [2.75, 3.05) is 0 Å². The molecule has 0 heterocycles. The van der Waals surface area contributed by atoms with Gasteiger partial charge in [0.1, 0.15) is 11.6 Å². The van der Waals surface area contributed by atoms with E-state index < -0.39 is 85.6 Å². The Hall–Kier alpha value is -0.633. The molecule has 0 bridgehead atoms. The number of hydrogen-bond donors (Lipinski definition) is 0. The average Bonchev–Trinajstić information content (AvgIpc) is 2.48. The van der Waals surface area contributed by atoms with Crippen molar-refractivity contribution in [3.05, 3.63) is 29.3 Å². The number of thioether (sulfide) groups is 1. The maximum Gasteiger partial charge on any atom is 1.00 e. The zero-order valence-electron chi connectivity index (χ0n) is 13.2. The van der Waals surface area contributed by atoms with E-state index in [1.165, 1.54) is 0 Å². The van der Waals surface area contributed by atoms with Gasteiger partial charge in [0.25, 0.3) is 0 Å². The zero-order valence-corrected chi connectivity index (χ0v) is 14.8. The van der Waals surface area contributed by atoms with Crippen molar-refractivity contribution in [1.29, 1.82) is 0 Å². The van der Waals surface area contributed by atoms with Gasteiger partial charge in [-0.1, -0.05) is 0 Å². The van der Waals surface area contributed by atoms with Gasteiger partial charge in [-0.15, -0.1) is 0 Å². The summed E-state index contributed by atoms with van der Waals surface area (Å²) in [6.45, 7) is 0. The maximum absolute atomic E-state index is 13.6. The van der Waals surface area contributed by atoms with E-state index in [0.29, 0.717) is 0 Å². The second-order valence-corrected chi connectivity index (χ2v) is 6.92. The molecule has 0 fully saturated rings. The molecule has 0 amide bonds. The molecule has 2 nitrogen and oxygen atoms in total. The fourth-order valence-corrected chi connectivity index (χ4v) is 2.73. The van der Waals surface area contributed by atoms with Crippen LogP contribution in [-0.4, -0.2) is 31.4 Å². The first-order chi connectivity index (χ1) is 12.2. The Balaban J connectivity index is 0.00000784. The number of hydrogen-bond acceptors (Lipinski definition) is 3. The molecule has 0 N–H and O–H groups in total. The van der Waals surface area contributed by atoms with Crippen LogP contribution in [0.2, 0.25) is 0 Å². The fourth-order valence-electron chi connectivity index (χ4n) is 1.49. The van der Waals surface area contributed by atoms with Crippen LogP contribution in [0.3, 0.4) is 0 Å². The standard InChI is InChI=1S/C11H3F13O2S2.Li/c12-4-2-6(27-10(21,22)11(23,24)28(25)26)5(13)1-3(4)7(14,15)8(16,17)9(18,19)20;/h1-2H,(H,25,26);/q;+1/p-1. The smallest absolute Gasteiger partial charge is 0.768 e. The van der Waals surface area contributed by atoms with Crippen molar-refractivity contribution in [3.63, 3.8) is 0 Å². The van der Waals surface area contributed by atoms with E-state index in [9.17, 15) is 65.8 Å². The third-order valence-electron chi connectivity index (χ3n) is 2.90. The molecule has 0 radical (unpaired) electrons. The predicted octanol–water partition coefficient (Wildman–Crippen LogP) is 2.42. The van der Waals surface area contributed by atoms with E-state index in [1.807, 2.05) is 0 Å². The summed E-state index contributed by atoms with van der Waals surface area (Å²) in [7, 11) is 0. The van der Waals surface area contributed by atoms with Gasteiger partial charge < -0.3 is 4.55 Å². The Bertz CT molecular complexity index is 781. The first kappa shape index (κ1) is 28.4. The maximum atomic E-state index is 13.6. The zero-order chi connectivity index (χ0) is 22.5. The van der Waals surface area contributed by atoms with Gasteiger partial charge in [0.2, 0.25) is 0 Å². The summed E-state index contributed by atoms with van der Waals surface area (Å²) in [4.78, 5) is -1.97.